The maximum Gasteiger partial charge on any atom is 0.246 e. The van der Waals surface area contributed by atoms with Crippen LogP contribution in [0.1, 0.15) is 29.7 Å². The molecule has 0 bridgehead atoms. The molecule has 3 heterocycles. The standard InChI is InChI=1S/C16H20N2O2S/c1-11-7-9-21-14(11)3-5-16(20)18-8-6-13-12(10-18)2-4-15(19)17-13/h3,5,7,9,12-13H,2,4,6,8,10H2,1H3,(H,17,19)/b5-3+. The summed E-state index contributed by atoms with van der Waals surface area (Å²) >= 11 is 1.65. The number of nitrogens with zero attached hydrogens (tertiary/aromatic N) is 1. The van der Waals surface area contributed by atoms with Crippen LogP contribution in [0.4, 0.5) is 0 Å². The first kappa shape index (κ1) is 14.3. The van der Waals surface area contributed by atoms with Crippen molar-refractivity contribution in [1.82, 2.24) is 10.2 Å². The average molecular weight is 304 g/mol. The lowest BCUT2D eigenvalue weighted by molar-refractivity contribution is -0.130. The number of hydrogen-bond donors (Lipinski definition) is 1. The lowest BCUT2D eigenvalue weighted by atomic mass is 9.85. The minimum absolute atomic E-state index is 0.0816. The minimum atomic E-state index is 0.0816. The van der Waals surface area contributed by atoms with Crippen LogP contribution >= 0.6 is 11.3 Å². The molecule has 2 atom stereocenters. The molecule has 0 spiro atoms. The monoisotopic (exact) mass is 304 g/mol. The summed E-state index contributed by atoms with van der Waals surface area (Å²) in [6.45, 7) is 3.54. The Balaban J connectivity index is 1.60. The molecule has 0 saturated carbocycles. The van der Waals surface area contributed by atoms with Crippen molar-refractivity contribution in [3.05, 3.63) is 28.0 Å². The van der Waals surface area contributed by atoms with Crippen molar-refractivity contribution in [2.24, 2.45) is 5.92 Å². The van der Waals surface area contributed by atoms with Crippen LogP contribution in [-0.4, -0.2) is 35.8 Å². The molecule has 0 radical (unpaired) electrons. The zero-order valence-electron chi connectivity index (χ0n) is 12.2. The predicted molar refractivity (Wildman–Crippen MR) is 83.9 cm³/mol. The van der Waals surface area contributed by atoms with Gasteiger partial charge in [-0.2, -0.15) is 0 Å². The molecule has 2 amide bonds. The molecule has 21 heavy (non-hydrogen) atoms. The maximum atomic E-state index is 12.3. The van der Waals surface area contributed by atoms with Gasteiger partial charge in [0.15, 0.2) is 0 Å². The van der Waals surface area contributed by atoms with E-state index in [1.54, 1.807) is 17.4 Å². The summed E-state index contributed by atoms with van der Waals surface area (Å²) in [7, 11) is 0. The van der Waals surface area contributed by atoms with Gasteiger partial charge in [-0.1, -0.05) is 0 Å². The highest BCUT2D eigenvalue weighted by molar-refractivity contribution is 7.11. The van der Waals surface area contributed by atoms with Gasteiger partial charge >= 0.3 is 0 Å². The number of nitrogens with one attached hydrogen (secondary N) is 1. The quantitative estimate of drug-likeness (QED) is 0.852. The average Bonchev–Trinajstić information content (AvgIpc) is 2.89. The first-order valence-corrected chi connectivity index (χ1v) is 8.32. The Bertz CT molecular complexity index is 579. The summed E-state index contributed by atoms with van der Waals surface area (Å²) in [5, 5.41) is 5.08. The van der Waals surface area contributed by atoms with Gasteiger partial charge in [-0.25, -0.2) is 0 Å². The fourth-order valence-corrected chi connectivity index (χ4v) is 3.94. The summed E-state index contributed by atoms with van der Waals surface area (Å²) < 4.78 is 0. The Morgan fingerprint density at radius 2 is 2.33 bits per heavy atom. The summed E-state index contributed by atoms with van der Waals surface area (Å²) in [5.41, 5.74) is 1.21. The maximum absolute atomic E-state index is 12.3. The van der Waals surface area contributed by atoms with Gasteiger partial charge in [0.1, 0.15) is 0 Å². The molecule has 2 saturated heterocycles. The van der Waals surface area contributed by atoms with Gasteiger partial charge < -0.3 is 10.2 Å². The summed E-state index contributed by atoms with van der Waals surface area (Å²) in [5.74, 6) is 0.652. The van der Waals surface area contributed by atoms with E-state index in [0.717, 1.165) is 30.8 Å². The molecule has 1 aromatic rings. The molecule has 2 aliphatic heterocycles. The third-order valence-corrected chi connectivity index (χ3v) is 5.40. The smallest absolute Gasteiger partial charge is 0.246 e. The van der Waals surface area contributed by atoms with Crippen molar-refractivity contribution in [2.45, 2.75) is 32.2 Å². The summed E-state index contributed by atoms with van der Waals surface area (Å²) in [6, 6.07) is 2.32. The van der Waals surface area contributed by atoms with Gasteiger partial charge in [0.05, 0.1) is 0 Å². The Labute approximate surface area is 128 Å². The molecule has 2 aliphatic rings. The van der Waals surface area contributed by atoms with Crippen LogP contribution < -0.4 is 5.32 Å². The van der Waals surface area contributed by atoms with E-state index in [0.29, 0.717) is 12.3 Å². The molecular formula is C16H20N2O2S. The van der Waals surface area contributed by atoms with Crippen molar-refractivity contribution in [2.75, 3.05) is 13.1 Å². The van der Waals surface area contributed by atoms with E-state index in [2.05, 4.69) is 18.3 Å². The fourth-order valence-electron chi connectivity index (χ4n) is 3.12. The second-order valence-electron chi connectivity index (χ2n) is 5.85. The van der Waals surface area contributed by atoms with Crippen LogP contribution in [-0.2, 0) is 9.59 Å². The van der Waals surface area contributed by atoms with Crippen LogP contribution in [0.25, 0.3) is 6.08 Å². The lowest BCUT2D eigenvalue weighted by Crippen LogP contribution is -2.54. The van der Waals surface area contributed by atoms with E-state index in [4.69, 9.17) is 0 Å². The van der Waals surface area contributed by atoms with Crippen molar-refractivity contribution in [1.29, 1.82) is 0 Å². The summed E-state index contributed by atoms with van der Waals surface area (Å²) in [6.07, 6.45) is 5.95. The van der Waals surface area contributed by atoms with Gasteiger partial charge in [-0.15, -0.1) is 11.3 Å². The fraction of sp³-hybridized carbons (Fsp3) is 0.500. The highest BCUT2D eigenvalue weighted by Gasteiger charge is 2.34. The number of amides is 2. The van der Waals surface area contributed by atoms with Gasteiger partial charge in [0, 0.05) is 36.5 Å². The zero-order chi connectivity index (χ0) is 14.8. The summed E-state index contributed by atoms with van der Waals surface area (Å²) in [4.78, 5) is 26.8. The molecule has 112 valence electrons. The zero-order valence-corrected chi connectivity index (χ0v) is 13.0. The number of fused-ring (bicyclic) bond motifs is 1. The second-order valence-corrected chi connectivity index (χ2v) is 6.79. The number of hydrogen-bond acceptors (Lipinski definition) is 3. The molecule has 0 aliphatic carbocycles. The Morgan fingerprint density at radius 3 is 3.10 bits per heavy atom. The number of likely N-dealkylation sites (tertiary alicyclic amines) is 1. The van der Waals surface area contributed by atoms with Crippen LogP contribution in [0.2, 0.25) is 0 Å². The Kier molecular flexibility index (Phi) is 4.10. The first-order chi connectivity index (χ1) is 10.1. The predicted octanol–water partition coefficient (Wildman–Crippen LogP) is 2.20. The molecule has 2 unspecified atom stereocenters. The number of carbonyl (C=O) groups is 2. The number of carbonyl (C=O) groups excluding carboxylic acids is 2. The topological polar surface area (TPSA) is 49.4 Å². The van der Waals surface area contributed by atoms with E-state index in [-0.39, 0.29) is 17.9 Å². The second kappa shape index (κ2) is 6.02. The lowest BCUT2D eigenvalue weighted by Gasteiger charge is -2.41. The molecule has 3 rings (SSSR count). The third kappa shape index (κ3) is 3.18. The Morgan fingerprint density at radius 1 is 1.48 bits per heavy atom. The van der Waals surface area contributed by atoms with E-state index in [1.807, 2.05) is 16.4 Å². The molecule has 1 aromatic heterocycles. The number of piperidine rings is 2. The molecule has 0 aromatic carbocycles. The van der Waals surface area contributed by atoms with E-state index < -0.39 is 0 Å². The minimum Gasteiger partial charge on any atom is -0.353 e. The van der Waals surface area contributed by atoms with Gasteiger partial charge in [-0.05, 0) is 48.8 Å². The molecule has 2 fully saturated rings. The van der Waals surface area contributed by atoms with Crippen molar-refractivity contribution in [3.63, 3.8) is 0 Å². The number of thiophene rings is 1. The third-order valence-electron chi connectivity index (χ3n) is 4.41. The number of aryl methyl sites for hydroxylation is 1. The van der Waals surface area contributed by atoms with E-state index in [9.17, 15) is 9.59 Å². The Hall–Kier alpha value is -1.62. The molecule has 1 N–H and O–H groups in total. The van der Waals surface area contributed by atoms with Crippen LogP contribution in [0.5, 0.6) is 0 Å². The van der Waals surface area contributed by atoms with Gasteiger partial charge in [-0.3, -0.25) is 9.59 Å². The van der Waals surface area contributed by atoms with Gasteiger partial charge in [0.25, 0.3) is 0 Å². The molecular weight excluding hydrogens is 284 g/mol. The SMILES string of the molecule is Cc1ccsc1/C=C/C(=O)N1CCC2NC(=O)CCC2C1. The van der Waals surface area contributed by atoms with E-state index in [1.165, 1.54) is 5.56 Å². The number of rotatable bonds is 2. The van der Waals surface area contributed by atoms with Gasteiger partial charge in [0.2, 0.25) is 11.8 Å². The molecule has 5 heteroatoms. The van der Waals surface area contributed by atoms with Crippen molar-refractivity contribution >= 4 is 29.2 Å². The van der Waals surface area contributed by atoms with E-state index >= 15 is 0 Å². The first-order valence-electron chi connectivity index (χ1n) is 7.44. The van der Waals surface area contributed by atoms with Crippen LogP contribution in [0.15, 0.2) is 17.5 Å². The van der Waals surface area contributed by atoms with Crippen molar-refractivity contribution < 1.29 is 9.59 Å². The van der Waals surface area contributed by atoms with Crippen LogP contribution in [0, 0.1) is 12.8 Å². The highest BCUT2D eigenvalue weighted by atomic mass is 32.1. The largest absolute Gasteiger partial charge is 0.353 e. The molecule has 4 nitrogen and oxygen atoms in total. The highest BCUT2D eigenvalue weighted by Crippen LogP contribution is 2.25. The van der Waals surface area contributed by atoms with Crippen LogP contribution in [0.3, 0.4) is 0 Å². The normalized spacial score (nSPS) is 25.8. The van der Waals surface area contributed by atoms with Crippen molar-refractivity contribution in [3.8, 4) is 0 Å².